The van der Waals surface area contributed by atoms with Crippen LogP contribution in [-0.2, 0) is 16.1 Å². The highest BCUT2D eigenvalue weighted by molar-refractivity contribution is 5.87. The van der Waals surface area contributed by atoms with Gasteiger partial charge in [-0.15, -0.1) is 0 Å². The van der Waals surface area contributed by atoms with Gasteiger partial charge in [-0.25, -0.2) is 13.8 Å². The van der Waals surface area contributed by atoms with E-state index >= 15 is 0 Å². The zero-order valence-electron chi connectivity index (χ0n) is 15.6. The molecular weight excluding hydrogens is 388 g/mol. The number of imidazole rings is 1. The third-order valence-electron chi connectivity index (χ3n) is 4.86. The second kappa shape index (κ2) is 7.84. The van der Waals surface area contributed by atoms with Crippen molar-refractivity contribution in [2.24, 2.45) is 0 Å². The quantitative estimate of drug-likeness (QED) is 0.624. The Morgan fingerprint density at radius 3 is 2.97 bits per heavy atom. The number of nitrogens with one attached hydrogen (secondary N) is 2. The van der Waals surface area contributed by atoms with Crippen molar-refractivity contribution in [2.75, 3.05) is 35.3 Å². The number of aliphatic hydroxyl groups is 1. The number of aromatic nitrogens is 2. The molecule has 0 saturated carbocycles. The molecule has 1 amide bonds. The van der Waals surface area contributed by atoms with Gasteiger partial charge in [0.05, 0.1) is 30.1 Å². The van der Waals surface area contributed by atoms with Gasteiger partial charge in [0, 0.05) is 18.8 Å². The van der Waals surface area contributed by atoms with Crippen LogP contribution in [0.1, 0.15) is 6.92 Å². The molecular formula is C18H21F2N5O4. The van der Waals surface area contributed by atoms with E-state index in [4.69, 9.17) is 9.47 Å². The number of amides is 1. The number of benzene rings is 1. The minimum Gasteiger partial charge on any atom is -0.491 e. The molecule has 1 unspecified atom stereocenters. The summed E-state index contributed by atoms with van der Waals surface area (Å²) >= 11 is 0. The van der Waals surface area contributed by atoms with Gasteiger partial charge in [-0.1, -0.05) is 0 Å². The van der Waals surface area contributed by atoms with Crippen molar-refractivity contribution in [3.05, 3.63) is 18.3 Å². The average Bonchev–Trinajstić information content (AvgIpc) is 3.23. The van der Waals surface area contributed by atoms with Crippen molar-refractivity contribution < 1.29 is 28.2 Å². The first-order chi connectivity index (χ1) is 14.0. The minimum absolute atomic E-state index is 0.184. The maximum atomic E-state index is 13.4. The highest BCUT2D eigenvalue weighted by atomic mass is 19.3. The van der Waals surface area contributed by atoms with E-state index in [-0.39, 0.29) is 12.4 Å². The molecule has 0 radical (unpaired) electrons. The second-order valence-electron chi connectivity index (χ2n) is 6.62. The van der Waals surface area contributed by atoms with E-state index in [9.17, 15) is 18.7 Å². The lowest BCUT2D eigenvalue weighted by molar-refractivity contribution is -0.105. The highest BCUT2D eigenvalue weighted by Crippen LogP contribution is 2.40. The number of carbonyl (C=O) groups is 1. The standard InChI is InChI=1S/C18H21F2N5O4/c1-2-21-12-6-14-10(5-11(12)22-9-26)17-23-15(7-24(17)3-4-28-14)25-13(16(19)20)8-29-18(25)27/h5-7,9,13,16,18,21,27H,2-4,8H2,1H3,(H,22,26)/t13-,18?/m0/s1. The predicted octanol–water partition coefficient (Wildman–Crippen LogP) is 1.69. The SMILES string of the molecule is CCNc1cc2c(cc1NC=O)-c1nc(N3C(O)OC[C@H]3C(F)F)cn1CCO2. The van der Waals surface area contributed by atoms with E-state index in [0.29, 0.717) is 54.6 Å². The van der Waals surface area contributed by atoms with Gasteiger partial charge in [-0.2, -0.15) is 0 Å². The van der Waals surface area contributed by atoms with Crippen molar-refractivity contribution in [1.29, 1.82) is 0 Å². The topological polar surface area (TPSA) is 101 Å². The van der Waals surface area contributed by atoms with Gasteiger partial charge in [-0.05, 0) is 13.0 Å². The third-order valence-corrected chi connectivity index (χ3v) is 4.86. The number of hydrogen-bond acceptors (Lipinski definition) is 7. The molecule has 1 fully saturated rings. The fraction of sp³-hybridized carbons (Fsp3) is 0.444. The van der Waals surface area contributed by atoms with Crippen LogP contribution in [0, 0.1) is 0 Å². The van der Waals surface area contributed by atoms with Crippen molar-refractivity contribution in [3.8, 4) is 17.1 Å². The molecule has 2 aromatic rings. The normalized spacial score (nSPS) is 20.7. The van der Waals surface area contributed by atoms with E-state index in [1.807, 2.05) is 6.92 Å². The van der Waals surface area contributed by atoms with Crippen LogP contribution in [0.2, 0.25) is 0 Å². The lowest BCUT2D eigenvalue weighted by atomic mass is 10.1. The van der Waals surface area contributed by atoms with Gasteiger partial charge in [0.25, 0.3) is 6.43 Å². The van der Waals surface area contributed by atoms with Crippen LogP contribution in [0.5, 0.6) is 5.75 Å². The average molecular weight is 409 g/mol. The molecule has 156 valence electrons. The number of fused-ring (bicyclic) bond motifs is 3. The van der Waals surface area contributed by atoms with Crippen LogP contribution >= 0.6 is 0 Å². The molecule has 9 nitrogen and oxygen atoms in total. The summed E-state index contributed by atoms with van der Waals surface area (Å²) in [5.41, 5.74) is 1.83. The van der Waals surface area contributed by atoms with E-state index in [1.54, 1.807) is 22.9 Å². The fourth-order valence-electron chi connectivity index (χ4n) is 3.55. The first kappa shape index (κ1) is 19.4. The smallest absolute Gasteiger partial charge is 0.261 e. The number of anilines is 3. The number of carbonyl (C=O) groups excluding carboxylic acids is 1. The van der Waals surface area contributed by atoms with Crippen LogP contribution in [-0.4, -0.2) is 59.7 Å². The van der Waals surface area contributed by atoms with E-state index in [1.165, 1.54) is 0 Å². The summed E-state index contributed by atoms with van der Waals surface area (Å²) in [6.07, 6.45) is -2.03. The molecule has 29 heavy (non-hydrogen) atoms. The lowest BCUT2D eigenvalue weighted by Gasteiger charge is -2.24. The Balaban J connectivity index is 1.79. The molecule has 2 aliphatic rings. The summed E-state index contributed by atoms with van der Waals surface area (Å²) in [5, 5.41) is 15.8. The molecule has 11 heteroatoms. The molecule has 2 atom stereocenters. The zero-order valence-corrected chi connectivity index (χ0v) is 15.6. The highest BCUT2D eigenvalue weighted by Gasteiger charge is 2.41. The molecule has 0 bridgehead atoms. The third kappa shape index (κ3) is 3.47. The van der Waals surface area contributed by atoms with Crippen LogP contribution in [0.15, 0.2) is 18.3 Å². The van der Waals surface area contributed by atoms with Gasteiger partial charge >= 0.3 is 0 Å². The first-order valence-corrected chi connectivity index (χ1v) is 9.22. The van der Waals surface area contributed by atoms with Gasteiger partial charge in [0.15, 0.2) is 5.82 Å². The van der Waals surface area contributed by atoms with Crippen LogP contribution in [0.4, 0.5) is 26.0 Å². The summed E-state index contributed by atoms with van der Waals surface area (Å²) in [6, 6.07) is 2.20. The Kier molecular flexibility index (Phi) is 5.24. The van der Waals surface area contributed by atoms with E-state index < -0.39 is 18.9 Å². The summed E-state index contributed by atoms with van der Waals surface area (Å²) in [7, 11) is 0. The van der Waals surface area contributed by atoms with Crippen molar-refractivity contribution in [3.63, 3.8) is 0 Å². The van der Waals surface area contributed by atoms with Gasteiger partial charge < -0.3 is 29.8 Å². The maximum absolute atomic E-state index is 13.4. The molecule has 1 aromatic carbocycles. The van der Waals surface area contributed by atoms with Crippen LogP contribution in [0.25, 0.3) is 11.4 Å². The van der Waals surface area contributed by atoms with Gasteiger partial charge in [0.1, 0.15) is 24.2 Å². The van der Waals surface area contributed by atoms with Gasteiger partial charge in [0.2, 0.25) is 12.8 Å². The first-order valence-electron chi connectivity index (χ1n) is 9.22. The predicted molar refractivity (Wildman–Crippen MR) is 101 cm³/mol. The summed E-state index contributed by atoms with van der Waals surface area (Å²) in [4.78, 5) is 16.6. The molecule has 3 heterocycles. The Bertz CT molecular complexity index is 907. The molecule has 3 N–H and O–H groups in total. The molecule has 0 spiro atoms. The van der Waals surface area contributed by atoms with E-state index in [0.717, 1.165) is 4.90 Å². The number of hydrogen-bond donors (Lipinski definition) is 3. The van der Waals surface area contributed by atoms with Crippen molar-refractivity contribution >= 4 is 23.6 Å². The van der Waals surface area contributed by atoms with Crippen LogP contribution < -0.4 is 20.3 Å². The Hall–Kier alpha value is -2.92. The second-order valence-corrected chi connectivity index (χ2v) is 6.62. The number of rotatable bonds is 6. The zero-order chi connectivity index (χ0) is 20.5. The Morgan fingerprint density at radius 1 is 1.41 bits per heavy atom. The Labute approximate surface area is 165 Å². The Morgan fingerprint density at radius 2 is 2.24 bits per heavy atom. The number of nitrogens with zero attached hydrogens (tertiary/aromatic N) is 3. The molecule has 4 rings (SSSR count). The summed E-state index contributed by atoms with van der Waals surface area (Å²) in [5.74, 6) is 1.22. The van der Waals surface area contributed by atoms with Crippen molar-refractivity contribution in [1.82, 2.24) is 9.55 Å². The molecule has 1 aromatic heterocycles. The molecule has 2 aliphatic heterocycles. The minimum atomic E-state index is -2.70. The monoisotopic (exact) mass is 409 g/mol. The van der Waals surface area contributed by atoms with Crippen molar-refractivity contribution in [2.45, 2.75) is 32.3 Å². The summed E-state index contributed by atoms with van der Waals surface area (Å²) in [6.45, 7) is 3.07. The number of alkyl halides is 2. The number of aliphatic hydroxyl groups excluding tert-OH is 1. The summed E-state index contributed by atoms with van der Waals surface area (Å²) < 4.78 is 39.3. The number of halogens is 2. The van der Waals surface area contributed by atoms with Gasteiger partial charge in [-0.3, -0.25) is 9.69 Å². The molecule has 1 saturated heterocycles. The molecule has 0 aliphatic carbocycles. The van der Waals surface area contributed by atoms with Crippen LogP contribution in [0.3, 0.4) is 0 Å². The maximum Gasteiger partial charge on any atom is 0.261 e. The fourth-order valence-corrected chi connectivity index (χ4v) is 3.55. The number of ether oxygens (including phenoxy) is 2. The largest absolute Gasteiger partial charge is 0.491 e. The van der Waals surface area contributed by atoms with E-state index in [2.05, 4.69) is 15.6 Å². The lowest BCUT2D eigenvalue weighted by Crippen LogP contribution is -2.41.